The second-order valence-corrected chi connectivity index (χ2v) is 4.07. The highest BCUT2D eigenvalue weighted by atomic mass is 16.3. The zero-order valence-corrected chi connectivity index (χ0v) is 10.2. The summed E-state index contributed by atoms with van der Waals surface area (Å²) in [6, 6.07) is 6.92. The minimum atomic E-state index is -0.286. The van der Waals surface area contributed by atoms with Crippen molar-refractivity contribution in [2.45, 2.75) is 19.8 Å². The van der Waals surface area contributed by atoms with E-state index in [1.807, 2.05) is 0 Å². The highest BCUT2D eigenvalue weighted by Gasteiger charge is 2.12. The summed E-state index contributed by atoms with van der Waals surface area (Å²) in [4.78, 5) is 23.1. The van der Waals surface area contributed by atoms with Crippen molar-refractivity contribution >= 4 is 23.1 Å². The van der Waals surface area contributed by atoms with Crippen molar-refractivity contribution in [1.29, 1.82) is 0 Å². The molecule has 0 aliphatic rings. The smallest absolute Gasteiger partial charge is 0.208 e. The fraction of sp³-hybridized carbons (Fsp3) is 0.286. The quantitative estimate of drug-likeness (QED) is 0.650. The average molecular weight is 245 g/mol. The zero-order valence-electron chi connectivity index (χ0n) is 10.2. The van der Waals surface area contributed by atoms with Gasteiger partial charge in [-0.05, 0) is 18.6 Å². The summed E-state index contributed by atoms with van der Waals surface area (Å²) in [6.45, 7) is 2.75. The molecule has 1 N–H and O–H groups in total. The van der Waals surface area contributed by atoms with Crippen molar-refractivity contribution < 1.29 is 9.21 Å². The van der Waals surface area contributed by atoms with E-state index >= 15 is 0 Å². The first-order chi connectivity index (χ1) is 8.77. The van der Waals surface area contributed by atoms with Gasteiger partial charge in [0, 0.05) is 6.54 Å². The number of carbonyl (C=O) groups is 1. The number of carbonyl (C=O) groups excluding carboxylic acids is 1. The number of anilines is 1. The number of para-hydroxylation sites is 1. The predicted molar refractivity (Wildman–Crippen MR) is 71.3 cm³/mol. The molecule has 0 bridgehead atoms. The molecular formula is C14H15NO3. The standard InChI is InChI=1S/C14H15NO3/c1-2-3-8-15-14-11(9-16)13(17)10-6-4-5-7-12(10)18-14/h4-7,9,15H,2-3,8H2,1H3. The lowest BCUT2D eigenvalue weighted by Crippen LogP contribution is -2.13. The van der Waals surface area contributed by atoms with Crippen molar-refractivity contribution in [3.05, 3.63) is 40.1 Å². The van der Waals surface area contributed by atoms with Crippen LogP contribution in [0.15, 0.2) is 33.5 Å². The topological polar surface area (TPSA) is 59.3 Å². The maximum Gasteiger partial charge on any atom is 0.208 e. The van der Waals surface area contributed by atoms with Crippen LogP contribution in [-0.4, -0.2) is 12.8 Å². The summed E-state index contributed by atoms with van der Waals surface area (Å²) in [5.41, 5.74) is 0.266. The number of rotatable bonds is 5. The normalized spacial score (nSPS) is 10.5. The van der Waals surface area contributed by atoms with Crippen molar-refractivity contribution in [1.82, 2.24) is 0 Å². The lowest BCUT2D eigenvalue weighted by Gasteiger charge is -2.07. The highest BCUT2D eigenvalue weighted by Crippen LogP contribution is 2.18. The van der Waals surface area contributed by atoms with Gasteiger partial charge in [-0.25, -0.2) is 0 Å². The molecule has 0 saturated carbocycles. The summed E-state index contributed by atoms with van der Waals surface area (Å²) in [5, 5.41) is 3.43. The molecule has 4 nitrogen and oxygen atoms in total. The van der Waals surface area contributed by atoms with Crippen molar-refractivity contribution in [2.75, 3.05) is 11.9 Å². The van der Waals surface area contributed by atoms with Gasteiger partial charge in [0.1, 0.15) is 11.1 Å². The fourth-order valence-corrected chi connectivity index (χ4v) is 1.77. The molecule has 18 heavy (non-hydrogen) atoms. The number of hydrogen-bond donors (Lipinski definition) is 1. The summed E-state index contributed by atoms with van der Waals surface area (Å²) < 4.78 is 5.57. The summed E-state index contributed by atoms with van der Waals surface area (Å²) in [7, 11) is 0. The molecule has 2 aromatic rings. The summed E-state index contributed by atoms with van der Waals surface area (Å²) >= 11 is 0. The Hall–Kier alpha value is -2.10. The van der Waals surface area contributed by atoms with E-state index in [2.05, 4.69) is 12.2 Å². The van der Waals surface area contributed by atoms with Gasteiger partial charge in [0.05, 0.1) is 5.39 Å². The third-order valence-corrected chi connectivity index (χ3v) is 2.77. The Morgan fingerprint density at radius 3 is 2.83 bits per heavy atom. The van der Waals surface area contributed by atoms with Crippen LogP contribution in [0.5, 0.6) is 0 Å². The molecule has 2 rings (SSSR count). The summed E-state index contributed by atoms with van der Waals surface area (Å²) in [5.74, 6) is 0.266. The first kappa shape index (κ1) is 12.4. The molecule has 4 heteroatoms. The third-order valence-electron chi connectivity index (χ3n) is 2.77. The van der Waals surface area contributed by atoms with E-state index in [0.717, 1.165) is 12.8 Å². The average Bonchev–Trinajstić information content (AvgIpc) is 2.39. The fourth-order valence-electron chi connectivity index (χ4n) is 1.77. The molecular weight excluding hydrogens is 230 g/mol. The molecule has 94 valence electrons. The predicted octanol–water partition coefficient (Wildman–Crippen LogP) is 2.82. The lowest BCUT2D eigenvalue weighted by molar-refractivity contribution is 0.112. The van der Waals surface area contributed by atoms with Gasteiger partial charge in [-0.3, -0.25) is 9.59 Å². The highest BCUT2D eigenvalue weighted by molar-refractivity contribution is 5.89. The van der Waals surface area contributed by atoms with Crippen LogP contribution in [0.25, 0.3) is 11.0 Å². The van der Waals surface area contributed by atoms with Crippen LogP contribution in [-0.2, 0) is 0 Å². The van der Waals surface area contributed by atoms with E-state index in [4.69, 9.17) is 4.42 Å². The first-order valence-electron chi connectivity index (χ1n) is 6.02. The third kappa shape index (κ3) is 2.27. The number of benzene rings is 1. The van der Waals surface area contributed by atoms with Crippen LogP contribution in [0.3, 0.4) is 0 Å². The van der Waals surface area contributed by atoms with E-state index in [-0.39, 0.29) is 16.9 Å². The molecule has 0 aliphatic carbocycles. The molecule has 0 spiro atoms. The maximum absolute atomic E-state index is 12.1. The van der Waals surface area contributed by atoms with Crippen LogP contribution >= 0.6 is 0 Å². The summed E-state index contributed by atoms with van der Waals surface area (Å²) in [6.07, 6.45) is 2.53. The molecule has 1 aromatic heterocycles. The van der Waals surface area contributed by atoms with Gasteiger partial charge in [0.15, 0.2) is 6.29 Å². The van der Waals surface area contributed by atoms with Gasteiger partial charge in [-0.1, -0.05) is 25.5 Å². The van der Waals surface area contributed by atoms with Crippen LogP contribution in [0, 0.1) is 0 Å². The Morgan fingerprint density at radius 2 is 2.11 bits per heavy atom. The SMILES string of the molecule is CCCCNc1oc2ccccc2c(=O)c1C=O. The number of hydrogen-bond acceptors (Lipinski definition) is 4. The Labute approximate surface area is 105 Å². The van der Waals surface area contributed by atoms with Gasteiger partial charge in [0.25, 0.3) is 0 Å². The van der Waals surface area contributed by atoms with Crippen LogP contribution in [0.1, 0.15) is 30.1 Å². The van der Waals surface area contributed by atoms with Gasteiger partial charge in [-0.2, -0.15) is 0 Å². The van der Waals surface area contributed by atoms with Gasteiger partial charge in [-0.15, -0.1) is 0 Å². The van der Waals surface area contributed by atoms with Crippen molar-refractivity contribution in [3.63, 3.8) is 0 Å². The van der Waals surface area contributed by atoms with E-state index < -0.39 is 0 Å². The molecule has 0 aliphatic heterocycles. The first-order valence-corrected chi connectivity index (χ1v) is 6.02. The molecule has 0 fully saturated rings. The van der Waals surface area contributed by atoms with Crippen LogP contribution < -0.4 is 10.7 Å². The number of aldehydes is 1. The Balaban J connectivity index is 2.51. The maximum atomic E-state index is 12.1. The monoisotopic (exact) mass is 245 g/mol. The Morgan fingerprint density at radius 1 is 1.33 bits per heavy atom. The van der Waals surface area contributed by atoms with Gasteiger partial charge < -0.3 is 9.73 Å². The van der Waals surface area contributed by atoms with E-state index in [1.165, 1.54) is 0 Å². The Kier molecular flexibility index (Phi) is 3.77. The molecule has 0 atom stereocenters. The van der Waals surface area contributed by atoms with Crippen LogP contribution in [0.2, 0.25) is 0 Å². The molecule has 0 amide bonds. The number of fused-ring (bicyclic) bond motifs is 1. The molecule has 0 unspecified atom stereocenters. The molecule has 1 aromatic carbocycles. The van der Waals surface area contributed by atoms with Crippen molar-refractivity contribution in [3.8, 4) is 0 Å². The second kappa shape index (κ2) is 5.49. The minimum Gasteiger partial charge on any atom is -0.440 e. The molecule has 1 heterocycles. The molecule has 0 radical (unpaired) electrons. The molecule has 0 saturated heterocycles. The zero-order chi connectivity index (χ0) is 13.0. The van der Waals surface area contributed by atoms with E-state index in [9.17, 15) is 9.59 Å². The lowest BCUT2D eigenvalue weighted by atomic mass is 10.1. The van der Waals surface area contributed by atoms with Crippen molar-refractivity contribution in [2.24, 2.45) is 0 Å². The van der Waals surface area contributed by atoms with E-state index in [1.54, 1.807) is 24.3 Å². The Bertz CT molecular complexity index is 616. The van der Waals surface area contributed by atoms with Gasteiger partial charge >= 0.3 is 0 Å². The number of nitrogens with one attached hydrogen (secondary N) is 1. The van der Waals surface area contributed by atoms with Gasteiger partial charge in [0.2, 0.25) is 11.3 Å². The van der Waals surface area contributed by atoms with Crippen LogP contribution in [0.4, 0.5) is 5.88 Å². The van der Waals surface area contributed by atoms with E-state index in [0.29, 0.717) is 23.8 Å². The second-order valence-electron chi connectivity index (χ2n) is 4.07. The minimum absolute atomic E-state index is 0.0600. The largest absolute Gasteiger partial charge is 0.440 e. The number of unbranched alkanes of at least 4 members (excludes halogenated alkanes) is 1.